The Hall–Kier alpha value is -3.60. The number of nitrogens with zero attached hydrogens (tertiary/aromatic N) is 1. The Morgan fingerprint density at radius 2 is 1.73 bits per heavy atom. The van der Waals surface area contributed by atoms with Crippen molar-refractivity contribution >= 4 is 39.4 Å². The summed E-state index contributed by atoms with van der Waals surface area (Å²) in [6.45, 7) is 1.11. The fourth-order valence-corrected chi connectivity index (χ4v) is 4.12. The molecule has 1 atom stereocenters. The van der Waals surface area contributed by atoms with E-state index in [2.05, 4.69) is 17.4 Å². The van der Waals surface area contributed by atoms with Gasteiger partial charge in [0.1, 0.15) is 11.2 Å². The first-order valence-corrected chi connectivity index (χ1v) is 10.2. The first-order chi connectivity index (χ1) is 14.7. The zero-order chi connectivity index (χ0) is 20.5. The minimum absolute atomic E-state index is 0.0439. The highest BCUT2D eigenvalue weighted by Crippen LogP contribution is 2.31. The highest BCUT2D eigenvalue weighted by molar-refractivity contribution is 6.07. The Balaban J connectivity index is 1.26. The summed E-state index contributed by atoms with van der Waals surface area (Å²) in [6.07, 6.45) is 1.06. The fourth-order valence-electron chi connectivity index (χ4n) is 4.12. The summed E-state index contributed by atoms with van der Waals surface area (Å²) < 4.78 is 5.84. The third kappa shape index (κ3) is 3.54. The van der Waals surface area contributed by atoms with E-state index in [1.165, 1.54) is 5.56 Å². The van der Waals surface area contributed by atoms with Gasteiger partial charge in [0.05, 0.1) is 5.92 Å². The first kappa shape index (κ1) is 18.4. The number of anilines is 1. The zero-order valence-electron chi connectivity index (χ0n) is 16.5. The molecule has 5 heteroatoms. The third-order valence-electron chi connectivity index (χ3n) is 5.74. The summed E-state index contributed by atoms with van der Waals surface area (Å²) in [5.74, 6) is -0.398. The van der Waals surface area contributed by atoms with Crippen molar-refractivity contribution in [3.05, 3.63) is 78.4 Å². The number of benzene rings is 3. The van der Waals surface area contributed by atoms with Crippen molar-refractivity contribution in [2.45, 2.75) is 12.8 Å². The molecule has 0 aliphatic carbocycles. The van der Waals surface area contributed by atoms with Gasteiger partial charge in [0, 0.05) is 36.0 Å². The summed E-state index contributed by atoms with van der Waals surface area (Å²) in [5, 5.41) is 4.97. The Morgan fingerprint density at radius 1 is 0.967 bits per heavy atom. The number of fused-ring (bicyclic) bond motifs is 3. The number of likely N-dealkylation sites (tertiary alicyclic amines) is 1. The quantitative estimate of drug-likeness (QED) is 0.534. The van der Waals surface area contributed by atoms with Gasteiger partial charge in [-0.05, 0) is 36.2 Å². The summed E-state index contributed by atoms with van der Waals surface area (Å²) in [4.78, 5) is 27.0. The topological polar surface area (TPSA) is 62.6 Å². The van der Waals surface area contributed by atoms with Crippen LogP contribution < -0.4 is 5.32 Å². The van der Waals surface area contributed by atoms with E-state index in [1.54, 1.807) is 4.90 Å². The average Bonchev–Trinajstić information content (AvgIpc) is 3.33. The van der Waals surface area contributed by atoms with E-state index in [0.717, 1.165) is 28.4 Å². The standard InChI is InChI=1S/C25H22N2O3/c28-24-14-18(16-27(24)13-12-17-6-2-1-3-7-17)25(29)26-19-10-11-23-21(15-19)20-8-4-5-9-22(20)30-23/h1-11,15,18H,12-14,16H2,(H,26,29). The highest BCUT2D eigenvalue weighted by Gasteiger charge is 2.34. The number of amides is 2. The summed E-state index contributed by atoms with van der Waals surface area (Å²) in [5.41, 5.74) is 3.52. The van der Waals surface area contributed by atoms with Gasteiger partial charge >= 0.3 is 0 Å². The van der Waals surface area contributed by atoms with E-state index in [4.69, 9.17) is 4.42 Å². The summed E-state index contributed by atoms with van der Waals surface area (Å²) in [6, 6.07) is 23.6. The van der Waals surface area contributed by atoms with Crippen LogP contribution in [0.15, 0.2) is 77.2 Å². The molecule has 4 aromatic rings. The van der Waals surface area contributed by atoms with Crippen molar-refractivity contribution in [1.82, 2.24) is 4.90 Å². The average molecular weight is 398 g/mol. The van der Waals surface area contributed by atoms with Crippen molar-refractivity contribution in [2.24, 2.45) is 5.92 Å². The van der Waals surface area contributed by atoms with Gasteiger partial charge < -0.3 is 14.6 Å². The molecule has 2 amide bonds. The number of para-hydroxylation sites is 1. The Bertz CT molecular complexity index is 1230. The van der Waals surface area contributed by atoms with Gasteiger partial charge in [0.2, 0.25) is 11.8 Å². The minimum atomic E-state index is -0.329. The molecule has 30 heavy (non-hydrogen) atoms. The van der Waals surface area contributed by atoms with Gasteiger partial charge in [0.15, 0.2) is 0 Å². The third-order valence-corrected chi connectivity index (χ3v) is 5.74. The maximum atomic E-state index is 12.8. The summed E-state index contributed by atoms with van der Waals surface area (Å²) in [7, 11) is 0. The lowest BCUT2D eigenvalue weighted by atomic mass is 10.1. The van der Waals surface area contributed by atoms with Gasteiger partial charge in [-0.1, -0.05) is 48.5 Å². The van der Waals surface area contributed by atoms with Crippen molar-refractivity contribution in [3.63, 3.8) is 0 Å². The molecule has 1 saturated heterocycles. The smallest absolute Gasteiger partial charge is 0.229 e. The van der Waals surface area contributed by atoms with E-state index in [-0.39, 0.29) is 24.2 Å². The van der Waals surface area contributed by atoms with Crippen LogP contribution in [-0.2, 0) is 16.0 Å². The molecule has 150 valence electrons. The molecule has 0 radical (unpaired) electrons. The SMILES string of the molecule is O=C(Nc1ccc2oc3ccccc3c2c1)C1CC(=O)N(CCc2ccccc2)C1. The van der Waals surface area contributed by atoms with Crippen LogP contribution in [0.4, 0.5) is 5.69 Å². The van der Waals surface area contributed by atoms with Gasteiger partial charge in [-0.15, -0.1) is 0 Å². The maximum Gasteiger partial charge on any atom is 0.229 e. The maximum absolute atomic E-state index is 12.8. The lowest BCUT2D eigenvalue weighted by Gasteiger charge is -2.16. The molecule has 0 saturated carbocycles. The number of hydrogen-bond acceptors (Lipinski definition) is 3. The second kappa shape index (κ2) is 7.67. The van der Waals surface area contributed by atoms with Crippen LogP contribution in [0.1, 0.15) is 12.0 Å². The minimum Gasteiger partial charge on any atom is -0.456 e. The predicted octanol–water partition coefficient (Wildman–Crippen LogP) is 4.62. The molecule has 1 N–H and O–H groups in total. The lowest BCUT2D eigenvalue weighted by Crippen LogP contribution is -2.30. The Kier molecular flexibility index (Phi) is 4.71. The van der Waals surface area contributed by atoms with Gasteiger partial charge in [-0.2, -0.15) is 0 Å². The molecule has 0 bridgehead atoms. The second-order valence-corrected chi connectivity index (χ2v) is 7.77. The fraction of sp³-hybridized carbons (Fsp3) is 0.200. The van der Waals surface area contributed by atoms with Gasteiger partial charge in [0.25, 0.3) is 0 Å². The molecule has 2 heterocycles. The molecule has 5 rings (SSSR count). The van der Waals surface area contributed by atoms with Crippen molar-refractivity contribution in [1.29, 1.82) is 0 Å². The van der Waals surface area contributed by atoms with Crippen LogP contribution in [0.25, 0.3) is 21.9 Å². The van der Waals surface area contributed by atoms with Crippen LogP contribution in [-0.4, -0.2) is 29.8 Å². The predicted molar refractivity (Wildman–Crippen MR) is 117 cm³/mol. The van der Waals surface area contributed by atoms with E-state index < -0.39 is 0 Å². The normalized spacial score (nSPS) is 16.5. The lowest BCUT2D eigenvalue weighted by molar-refractivity contribution is -0.128. The molecule has 5 nitrogen and oxygen atoms in total. The monoisotopic (exact) mass is 398 g/mol. The van der Waals surface area contributed by atoms with Crippen LogP contribution in [0.5, 0.6) is 0 Å². The number of carbonyl (C=O) groups excluding carboxylic acids is 2. The Labute approximate surface area is 174 Å². The van der Waals surface area contributed by atoms with Crippen LogP contribution in [0.3, 0.4) is 0 Å². The van der Waals surface area contributed by atoms with E-state index in [1.807, 2.05) is 60.7 Å². The van der Waals surface area contributed by atoms with Crippen LogP contribution in [0, 0.1) is 5.92 Å². The van der Waals surface area contributed by atoms with Crippen molar-refractivity contribution < 1.29 is 14.0 Å². The number of nitrogens with one attached hydrogen (secondary N) is 1. The number of rotatable bonds is 5. The van der Waals surface area contributed by atoms with Crippen LogP contribution in [0.2, 0.25) is 0 Å². The second-order valence-electron chi connectivity index (χ2n) is 7.77. The molecular weight excluding hydrogens is 376 g/mol. The molecule has 0 spiro atoms. The van der Waals surface area contributed by atoms with Crippen molar-refractivity contribution in [3.8, 4) is 0 Å². The zero-order valence-corrected chi connectivity index (χ0v) is 16.5. The van der Waals surface area contributed by atoms with Crippen molar-refractivity contribution in [2.75, 3.05) is 18.4 Å². The number of furan rings is 1. The molecule has 1 unspecified atom stereocenters. The molecule has 1 fully saturated rings. The molecule has 3 aromatic carbocycles. The molecular formula is C25H22N2O3. The molecule has 1 aliphatic rings. The van der Waals surface area contributed by atoms with E-state index in [0.29, 0.717) is 18.8 Å². The Morgan fingerprint density at radius 3 is 2.60 bits per heavy atom. The number of hydrogen-bond donors (Lipinski definition) is 1. The number of carbonyl (C=O) groups is 2. The molecule has 1 aliphatic heterocycles. The van der Waals surface area contributed by atoms with E-state index >= 15 is 0 Å². The van der Waals surface area contributed by atoms with E-state index in [9.17, 15) is 9.59 Å². The highest BCUT2D eigenvalue weighted by atomic mass is 16.3. The van der Waals surface area contributed by atoms with Gasteiger partial charge in [-0.25, -0.2) is 0 Å². The first-order valence-electron chi connectivity index (χ1n) is 10.2. The van der Waals surface area contributed by atoms with Gasteiger partial charge in [-0.3, -0.25) is 9.59 Å². The van der Waals surface area contributed by atoms with Crippen LogP contribution >= 0.6 is 0 Å². The molecule has 1 aromatic heterocycles. The summed E-state index contributed by atoms with van der Waals surface area (Å²) >= 11 is 0. The largest absolute Gasteiger partial charge is 0.456 e.